The van der Waals surface area contributed by atoms with Crippen molar-refractivity contribution in [2.75, 3.05) is 0 Å². The molecule has 0 radical (unpaired) electrons. The van der Waals surface area contributed by atoms with E-state index < -0.39 is 0 Å². The SMILES string of the molecule is Cc1[nH]c2ccccc2c1-c1cc(CN)nn1C. The zero-order chi connectivity index (χ0) is 12.7. The van der Waals surface area contributed by atoms with E-state index in [4.69, 9.17) is 5.73 Å². The molecule has 0 aliphatic carbocycles. The third-order valence-corrected chi connectivity index (χ3v) is 3.29. The van der Waals surface area contributed by atoms with Crippen LogP contribution < -0.4 is 5.73 Å². The van der Waals surface area contributed by atoms with Crippen molar-refractivity contribution in [1.29, 1.82) is 0 Å². The van der Waals surface area contributed by atoms with Crippen LogP contribution in [0.15, 0.2) is 30.3 Å². The van der Waals surface area contributed by atoms with Gasteiger partial charge in [0.25, 0.3) is 0 Å². The maximum Gasteiger partial charge on any atom is 0.0766 e. The fourth-order valence-corrected chi connectivity index (χ4v) is 2.47. The number of H-pyrrole nitrogens is 1. The molecule has 0 atom stereocenters. The van der Waals surface area contributed by atoms with E-state index in [0.29, 0.717) is 6.54 Å². The lowest BCUT2D eigenvalue weighted by molar-refractivity contribution is 0.749. The predicted octanol–water partition coefficient (Wildman–Crippen LogP) is 2.34. The largest absolute Gasteiger partial charge is 0.358 e. The minimum atomic E-state index is 0.468. The molecule has 0 aliphatic heterocycles. The van der Waals surface area contributed by atoms with E-state index in [1.165, 1.54) is 10.9 Å². The zero-order valence-corrected chi connectivity index (χ0v) is 10.6. The van der Waals surface area contributed by atoms with Gasteiger partial charge < -0.3 is 10.7 Å². The molecule has 18 heavy (non-hydrogen) atoms. The Morgan fingerprint density at radius 2 is 2.11 bits per heavy atom. The predicted molar refractivity (Wildman–Crippen MR) is 73.1 cm³/mol. The van der Waals surface area contributed by atoms with E-state index in [-0.39, 0.29) is 0 Å². The van der Waals surface area contributed by atoms with E-state index in [1.54, 1.807) is 0 Å². The van der Waals surface area contributed by atoms with Gasteiger partial charge in [0.05, 0.1) is 11.4 Å². The molecular weight excluding hydrogens is 224 g/mol. The summed E-state index contributed by atoms with van der Waals surface area (Å²) in [5.74, 6) is 0. The summed E-state index contributed by atoms with van der Waals surface area (Å²) in [6.07, 6.45) is 0. The number of aromatic amines is 1. The van der Waals surface area contributed by atoms with Gasteiger partial charge in [0.1, 0.15) is 0 Å². The number of benzene rings is 1. The first kappa shape index (κ1) is 11.0. The molecule has 3 N–H and O–H groups in total. The maximum atomic E-state index is 5.65. The molecule has 1 aromatic carbocycles. The Labute approximate surface area is 105 Å². The van der Waals surface area contributed by atoms with Crippen molar-refractivity contribution in [2.45, 2.75) is 13.5 Å². The number of aromatic nitrogens is 3. The van der Waals surface area contributed by atoms with Gasteiger partial charge in [0.2, 0.25) is 0 Å². The van der Waals surface area contributed by atoms with Gasteiger partial charge in [-0.15, -0.1) is 0 Å². The van der Waals surface area contributed by atoms with Crippen molar-refractivity contribution in [3.8, 4) is 11.3 Å². The molecule has 0 unspecified atom stereocenters. The second-order valence-corrected chi connectivity index (χ2v) is 4.52. The number of para-hydroxylation sites is 1. The average molecular weight is 240 g/mol. The van der Waals surface area contributed by atoms with Crippen molar-refractivity contribution in [3.05, 3.63) is 41.7 Å². The monoisotopic (exact) mass is 240 g/mol. The lowest BCUT2D eigenvalue weighted by Gasteiger charge is -2.01. The van der Waals surface area contributed by atoms with Crippen molar-refractivity contribution in [2.24, 2.45) is 12.8 Å². The summed E-state index contributed by atoms with van der Waals surface area (Å²) in [7, 11) is 1.95. The molecule has 0 spiro atoms. The van der Waals surface area contributed by atoms with Gasteiger partial charge in [0.15, 0.2) is 0 Å². The highest BCUT2D eigenvalue weighted by atomic mass is 15.3. The van der Waals surface area contributed by atoms with Crippen LogP contribution in [0.1, 0.15) is 11.4 Å². The van der Waals surface area contributed by atoms with E-state index >= 15 is 0 Å². The molecule has 3 rings (SSSR count). The molecule has 2 heterocycles. The first-order chi connectivity index (χ1) is 8.70. The van der Waals surface area contributed by atoms with Crippen LogP contribution in [0.3, 0.4) is 0 Å². The summed E-state index contributed by atoms with van der Waals surface area (Å²) in [4.78, 5) is 3.41. The zero-order valence-electron chi connectivity index (χ0n) is 10.6. The second kappa shape index (κ2) is 3.99. The molecule has 0 saturated heterocycles. The summed E-state index contributed by atoms with van der Waals surface area (Å²) in [5.41, 5.74) is 11.2. The Kier molecular flexibility index (Phi) is 2.45. The van der Waals surface area contributed by atoms with E-state index in [9.17, 15) is 0 Å². The van der Waals surface area contributed by atoms with Gasteiger partial charge in [-0.25, -0.2) is 0 Å². The van der Waals surface area contributed by atoms with Crippen LogP contribution in [0, 0.1) is 6.92 Å². The van der Waals surface area contributed by atoms with Crippen LogP contribution in [0.4, 0.5) is 0 Å². The van der Waals surface area contributed by atoms with Crippen LogP contribution in [0.2, 0.25) is 0 Å². The normalized spacial score (nSPS) is 11.3. The maximum absolute atomic E-state index is 5.65. The van der Waals surface area contributed by atoms with Gasteiger partial charge >= 0.3 is 0 Å². The summed E-state index contributed by atoms with van der Waals surface area (Å²) < 4.78 is 1.89. The molecule has 0 aliphatic rings. The molecule has 4 nitrogen and oxygen atoms in total. The standard InChI is InChI=1S/C14H16N4/c1-9-14(11-5-3-4-6-12(11)16-9)13-7-10(8-15)17-18(13)2/h3-7,16H,8,15H2,1-2H3. The smallest absolute Gasteiger partial charge is 0.0766 e. The lowest BCUT2D eigenvalue weighted by Crippen LogP contribution is -1.99. The first-order valence-electron chi connectivity index (χ1n) is 6.01. The van der Waals surface area contributed by atoms with Crippen LogP contribution in [-0.4, -0.2) is 14.8 Å². The number of hydrogen-bond donors (Lipinski definition) is 2. The number of nitrogens with one attached hydrogen (secondary N) is 1. The van der Waals surface area contributed by atoms with Gasteiger partial charge in [-0.05, 0) is 19.1 Å². The second-order valence-electron chi connectivity index (χ2n) is 4.52. The Morgan fingerprint density at radius 1 is 1.33 bits per heavy atom. The summed E-state index contributed by atoms with van der Waals surface area (Å²) in [6.45, 7) is 2.56. The number of hydrogen-bond acceptors (Lipinski definition) is 2. The topological polar surface area (TPSA) is 59.6 Å². The lowest BCUT2D eigenvalue weighted by atomic mass is 10.1. The van der Waals surface area contributed by atoms with Crippen molar-refractivity contribution < 1.29 is 0 Å². The molecule has 4 heteroatoms. The van der Waals surface area contributed by atoms with Gasteiger partial charge in [-0.3, -0.25) is 4.68 Å². The van der Waals surface area contributed by atoms with Crippen molar-refractivity contribution >= 4 is 10.9 Å². The summed E-state index contributed by atoms with van der Waals surface area (Å²) in [5, 5.41) is 5.63. The number of aryl methyl sites for hydroxylation is 2. The highest BCUT2D eigenvalue weighted by molar-refractivity contribution is 5.96. The average Bonchev–Trinajstić information content (AvgIpc) is 2.88. The van der Waals surface area contributed by atoms with Crippen molar-refractivity contribution in [3.63, 3.8) is 0 Å². The summed E-state index contributed by atoms with van der Waals surface area (Å²) >= 11 is 0. The molecule has 0 fully saturated rings. The molecule has 3 aromatic rings. The Balaban J connectivity index is 2.30. The van der Waals surface area contributed by atoms with Gasteiger partial charge in [-0.1, -0.05) is 18.2 Å². The van der Waals surface area contributed by atoms with Crippen molar-refractivity contribution in [1.82, 2.24) is 14.8 Å². The molecule has 92 valence electrons. The van der Waals surface area contributed by atoms with E-state index in [0.717, 1.165) is 22.6 Å². The van der Waals surface area contributed by atoms with E-state index in [2.05, 4.69) is 41.3 Å². The van der Waals surface area contributed by atoms with Crippen LogP contribution in [0.5, 0.6) is 0 Å². The Bertz CT molecular complexity index is 706. The first-order valence-corrected chi connectivity index (χ1v) is 6.01. The highest BCUT2D eigenvalue weighted by Crippen LogP contribution is 2.31. The third-order valence-electron chi connectivity index (χ3n) is 3.29. The van der Waals surface area contributed by atoms with Crippen LogP contribution in [-0.2, 0) is 13.6 Å². The summed E-state index contributed by atoms with van der Waals surface area (Å²) in [6, 6.07) is 10.4. The minimum absolute atomic E-state index is 0.468. The molecule has 0 bridgehead atoms. The minimum Gasteiger partial charge on any atom is -0.358 e. The van der Waals surface area contributed by atoms with Crippen LogP contribution >= 0.6 is 0 Å². The van der Waals surface area contributed by atoms with Gasteiger partial charge in [-0.2, -0.15) is 5.10 Å². The molecular formula is C14H16N4. The molecule has 0 saturated carbocycles. The molecule has 2 aromatic heterocycles. The number of rotatable bonds is 2. The van der Waals surface area contributed by atoms with E-state index in [1.807, 2.05) is 17.8 Å². The van der Waals surface area contributed by atoms with Crippen LogP contribution in [0.25, 0.3) is 22.2 Å². The quantitative estimate of drug-likeness (QED) is 0.722. The Morgan fingerprint density at radius 3 is 2.83 bits per heavy atom. The molecule has 0 amide bonds. The Hall–Kier alpha value is -2.07. The van der Waals surface area contributed by atoms with Gasteiger partial charge in [0, 0.05) is 35.8 Å². The fraction of sp³-hybridized carbons (Fsp3) is 0.214. The number of nitrogens with two attached hydrogens (primary N) is 1. The fourth-order valence-electron chi connectivity index (χ4n) is 2.47. The number of fused-ring (bicyclic) bond motifs is 1. The third kappa shape index (κ3) is 1.54. The highest BCUT2D eigenvalue weighted by Gasteiger charge is 2.14. The number of nitrogens with zero attached hydrogens (tertiary/aromatic N) is 2.